The van der Waals surface area contributed by atoms with E-state index in [0.717, 1.165) is 29.3 Å². The molecule has 0 aliphatic carbocycles. The standard InChI is InChI=1S/C18H21FN6S/c1-20-18(21-9-11-26-13-14-6-2-3-7-15(14)19)22-12-17-24-23-16-8-4-5-10-25(16)17/h2-8,10H,9,11-13H2,1H3,(H2,20,21,22). The lowest BCUT2D eigenvalue weighted by atomic mass is 10.2. The SMILES string of the molecule is CN=C(NCCSCc1ccccc1F)NCc1nnc2ccccn12. The summed E-state index contributed by atoms with van der Waals surface area (Å²) in [6.07, 6.45) is 1.93. The molecule has 2 N–H and O–H groups in total. The molecule has 3 aromatic rings. The molecule has 0 aliphatic rings. The quantitative estimate of drug-likeness (QED) is 0.379. The Morgan fingerprint density at radius 2 is 2.00 bits per heavy atom. The first-order valence-corrected chi connectivity index (χ1v) is 9.47. The van der Waals surface area contributed by atoms with E-state index in [9.17, 15) is 4.39 Å². The van der Waals surface area contributed by atoms with Gasteiger partial charge >= 0.3 is 0 Å². The summed E-state index contributed by atoms with van der Waals surface area (Å²) in [7, 11) is 1.73. The van der Waals surface area contributed by atoms with Crippen molar-refractivity contribution in [2.75, 3.05) is 19.3 Å². The van der Waals surface area contributed by atoms with Crippen molar-refractivity contribution < 1.29 is 4.39 Å². The van der Waals surface area contributed by atoms with Crippen LogP contribution in [0.5, 0.6) is 0 Å². The van der Waals surface area contributed by atoms with E-state index in [1.165, 1.54) is 6.07 Å². The number of thioether (sulfide) groups is 1. The first-order valence-electron chi connectivity index (χ1n) is 8.32. The predicted octanol–water partition coefficient (Wildman–Crippen LogP) is 2.47. The van der Waals surface area contributed by atoms with Crippen LogP contribution in [0.3, 0.4) is 0 Å². The third-order valence-corrected chi connectivity index (χ3v) is 4.78. The molecule has 0 atom stereocenters. The van der Waals surface area contributed by atoms with Crippen LogP contribution in [0.2, 0.25) is 0 Å². The van der Waals surface area contributed by atoms with Gasteiger partial charge in [-0.25, -0.2) is 4.39 Å². The first-order chi connectivity index (χ1) is 12.8. The lowest BCUT2D eigenvalue weighted by Gasteiger charge is -2.11. The Bertz CT molecular complexity index is 879. The largest absolute Gasteiger partial charge is 0.356 e. The van der Waals surface area contributed by atoms with Crippen molar-refractivity contribution in [3.63, 3.8) is 0 Å². The van der Waals surface area contributed by atoms with Crippen LogP contribution >= 0.6 is 11.8 Å². The predicted molar refractivity (Wildman–Crippen MR) is 104 cm³/mol. The molecule has 0 saturated heterocycles. The molecule has 0 unspecified atom stereocenters. The second-order valence-corrected chi connectivity index (χ2v) is 6.65. The number of aliphatic imine (C=N–C) groups is 1. The van der Waals surface area contributed by atoms with Crippen LogP contribution in [-0.4, -0.2) is 39.9 Å². The molecule has 2 heterocycles. The molecule has 26 heavy (non-hydrogen) atoms. The van der Waals surface area contributed by atoms with Crippen LogP contribution in [0.25, 0.3) is 5.65 Å². The fourth-order valence-electron chi connectivity index (χ4n) is 2.43. The number of rotatable bonds is 7. The molecule has 8 heteroatoms. The molecule has 0 fully saturated rings. The van der Waals surface area contributed by atoms with Crippen molar-refractivity contribution >= 4 is 23.4 Å². The molecule has 0 amide bonds. The number of benzene rings is 1. The Morgan fingerprint density at radius 1 is 1.15 bits per heavy atom. The van der Waals surface area contributed by atoms with Crippen LogP contribution in [0.4, 0.5) is 4.39 Å². The van der Waals surface area contributed by atoms with Crippen molar-refractivity contribution in [1.82, 2.24) is 25.2 Å². The van der Waals surface area contributed by atoms with E-state index in [1.807, 2.05) is 40.9 Å². The number of aromatic nitrogens is 3. The van der Waals surface area contributed by atoms with E-state index in [4.69, 9.17) is 0 Å². The minimum atomic E-state index is -0.147. The number of halogens is 1. The van der Waals surface area contributed by atoms with Crippen LogP contribution in [-0.2, 0) is 12.3 Å². The number of pyridine rings is 1. The minimum absolute atomic E-state index is 0.147. The lowest BCUT2D eigenvalue weighted by Crippen LogP contribution is -2.38. The Morgan fingerprint density at radius 3 is 2.85 bits per heavy atom. The summed E-state index contributed by atoms with van der Waals surface area (Å²) >= 11 is 1.68. The summed E-state index contributed by atoms with van der Waals surface area (Å²) in [5.74, 6) is 2.88. The molecule has 6 nitrogen and oxygen atoms in total. The summed E-state index contributed by atoms with van der Waals surface area (Å²) < 4.78 is 15.5. The van der Waals surface area contributed by atoms with Gasteiger partial charge in [-0.05, 0) is 23.8 Å². The maximum atomic E-state index is 13.6. The number of hydrogen-bond acceptors (Lipinski definition) is 4. The highest BCUT2D eigenvalue weighted by Crippen LogP contribution is 2.14. The van der Waals surface area contributed by atoms with Crippen LogP contribution < -0.4 is 10.6 Å². The summed E-state index contributed by atoms with van der Waals surface area (Å²) in [5.41, 5.74) is 1.55. The average Bonchev–Trinajstić information content (AvgIpc) is 3.08. The number of hydrogen-bond donors (Lipinski definition) is 2. The van der Waals surface area contributed by atoms with Crippen LogP contribution in [0, 0.1) is 5.82 Å². The lowest BCUT2D eigenvalue weighted by molar-refractivity contribution is 0.617. The normalized spacial score (nSPS) is 11.7. The zero-order valence-electron chi connectivity index (χ0n) is 14.5. The van der Waals surface area contributed by atoms with Gasteiger partial charge in [0, 0.05) is 31.3 Å². The van der Waals surface area contributed by atoms with Gasteiger partial charge in [-0.3, -0.25) is 9.39 Å². The fraction of sp³-hybridized carbons (Fsp3) is 0.278. The summed E-state index contributed by atoms with van der Waals surface area (Å²) in [5, 5.41) is 14.8. The van der Waals surface area contributed by atoms with Gasteiger partial charge in [0.15, 0.2) is 17.4 Å². The van der Waals surface area contributed by atoms with E-state index >= 15 is 0 Å². The van der Waals surface area contributed by atoms with Gasteiger partial charge in [-0.1, -0.05) is 24.3 Å². The molecular weight excluding hydrogens is 351 g/mol. The zero-order valence-corrected chi connectivity index (χ0v) is 15.3. The summed E-state index contributed by atoms with van der Waals surface area (Å²) in [4.78, 5) is 4.21. The third kappa shape index (κ3) is 4.72. The van der Waals surface area contributed by atoms with Gasteiger partial charge in [-0.15, -0.1) is 10.2 Å². The van der Waals surface area contributed by atoms with Crippen molar-refractivity contribution in [1.29, 1.82) is 0 Å². The van der Waals surface area contributed by atoms with E-state index < -0.39 is 0 Å². The smallest absolute Gasteiger partial charge is 0.191 e. The van der Waals surface area contributed by atoms with Gasteiger partial charge in [0.2, 0.25) is 0 Å². The van der Waals surface area contributed by atoms with Crippen molar-refractivity contribution in [2.24, 2.45) is 4.99 Å². The Labute approximate surface area is 155 Å². The highest BCUT2D eigenvalue weighted by molar-refractivity contribution is 7.98. The van der Waals surface area contributed by atoms with Gasteiger partial charge in [0.05, 0.1) is 6.54 Å². The molecule has 0 saturated carbocycles. The van der Waals surface area contributed by atoms with Gasteiger partial charge in [-0.2, -0.15) is 11.8 Å². The third-order valence-electron chi connectivity index (χ3n) is 3.78. The summed E-state index contributed by atoms with van der Waals surface area (Å²) in [6.45, 7) is 1.26. The highest BCUT2D eigenvalue weighted by atomic mass is 32.2. The highest BCUT2D eigenvalue weighted by Gasteiger charge is 2.05. The van der Waals surface area contributed by atoms with Crippen LogP contribution in [0.1, 0.15) is 11.4 Å². The fourth-order valence-corrected chi connectivity index (χ4v) is 3.28. The number of nitrogens with one attached hydrogen (secondary N) is 2. The van der Waals surface area contributed by atoms with Gasteiger partial charge < -0.3 is 10.6 Å². The molecule has 2 aromatic heterocycles. The van der Waals surface area contributed by atoms with E-state index in [0.29, 0.717) is 18.3 Å². The number of fused-ring (bicyclic) bond motifs is 1. The molecule has 0 radical (unpaired) electrons. The van der Waals surface area contributed by atoms with E-state index in [2.05, 4.69) is 25.8 Å². The maximum Gasteiger partial charge on any atom is 0.191 e. The zero-order chi connectivity index (χ0) is 18.2. The topological polar surface area (TPSA) is 66.6 Å². The Hall–Kier alpha value is -2.61. The van der Waals surface area contributed by atoms with Gasteiger partial charge in [0.1, 0.15) is 5.82 Å². The van der Waals surface area contributed by atoms with Crippen molar-refractivity contribution in [3.8, 4) is 0 Å². The van der Waals surface area contributed by atoms with E-state index in [-0.39, 0.29) is 5.82 Å². The Kier molecular flexibility index (Phi) is 6.43. The molecule has 0 aliphatic heterocycles. The summed E-state index contributed by atoms with van der Waals surface area (Å²) in [6, 6.07) is 12.7. The molecule has 3 rings (SSSR count). The van der Waals surface area contributed by atoms with Crippen LogP contribution in [0.15, 0.2) is 53.7 Å². The average molecular weight is 372 g/mol. The first kappa shape index (κ1) is 18.2. The minimum Gasteiger partial charge on any atom is -0.356 e. The molecule has 0 spiro atoms. The molecule has 1 aromatic carbocycles. The Balaban J connectivity index is 1.40. The monoisotopic (exact) mass is 372 g/mol. The van der Waals surface area contributed by atoms with Crippen molar-refractivity contribution in [3.05, 3.63) is 65.9 Å². The molecule has 0 bridgehead atoms. The maximum absolute atomic E-state index is 13.6. The van der Waals surface area contributed by atoms with Gasteiger partial charge in [0.25, 0.3) is 0 Å². The number of guanidine groups is 1. The second kappa shape index (κ2) is 9.19. The van der Waals surface area contributed by atoms with Crippen molar-refractivity contribution in [2.45, 2.75) is 12.3 Å². The molecule has 136 valence electrons. The molecular formula is C18H21FN6S. The number of nitrogens with zero attached hydrogens (tertiary/aromatic N) is 4. The van der Waals surface area contributed by atoms with E-state index in [1.54, 1.807) is 24.9 Å². The second-order valence-electron chi connectivity index (χ2n) is 5.54.